The number of aliphatic carboxylic acids is 1. The molecule has 0 saturated heterocycles. The third kappa shape index (κ3) is 3.72. The van der Waals surface area contributed by atoms with Crippen molar-refractivity contribution in [3.63, 3.8) is 0 Å². The summed E-state index contributed by atoms with van der Waals surface area (Å²) in [5.74, 6) is -0.137. The van der Waals surface area contributed by atoms with Gasteiger partial charge in [0.05, 0.1) is 13.7 Å². The van der Waals surface area contributed by atoms with E-state index in [1.165, 1.54) is 0 Å². The third-order valence-electron chi connectivity index (χ3n) is 2.75. The summed E-state index contributed by atoms with van der Waals surface area (Å²) in [6.07, 6.45) is 0.435. The van der Waals surface area contributed by atoms with Crippen LogP contribution in [0.5, 0.6) is 5.75 Å². The zero-order valence-electron chi connectivity index (χ0n) is 10.7. The number of ether oxygens (including phenoxy) is 2. The molecule has 3 N–H and O–H groups in total. The van der Waals surface area contributed by atoms with Crippen molar-refractivity contribution in [3.05, 3.63) is 29.3 Å². The normalized spacial score (nSPS) is 12.2. The second-order valence-corrected chi connectivity index (χ2v) is 4.00. The van der Waals surface area contributed by atoms with E-state index in [9.17, 15) is 4.79 Å². The summed E-state index contributed by atoms with van der Waals surface area (Å²) in [6.45, 7) is 0.389. The van der Waals surface area contributed by atoms with Gasteiger partial charge < -0.3 is 20.3 Å². The van der Waals surface area contributed by atoms with Crippen molar-refractivity contribution >= 4 is 5.97 Å². The lowest BCUT2D eigenvalue weighted by Crippen LogP contribution is -2.15. The number of methoxy groups -OCH3 is 2. The first-order valence-electron chi connectivity index (χ1n) is 5.72. The van der Waals surface area contributed by atoms with E-state index in [4.69, 9.17) is 20.3 Å². The van der Waals surface area contributed by atoms with Gasteiger partial charge in [0.15, 0.2) is 0 Å². The van der Waals surface area contributed by atoms with E-state index >= 15 is 0 Å². The smallest absolute Gasteiger partial charge is 0.303 e. The Hall–Kier alpha value is -1.59. The van der Waals surface area contributed by atoms with E-state index in [0.717, 1.165) is 11.1 Å². The van der Waals surface area contributed by atoms with Crippen LogP contribution in [0.4, 0.5) is 0 Å². The van der Waals surface area contributed by atoms with Gasteiger partial charge in [-0.05, 0) is 18.1 Å². The van der Waals surface area contributed by atoms with Crippen molar-refractivity contribution in [1.82, 2.24) is 0 Å². The minimum Gasteiger partial charge on any atom is -0.496 e. The van der Waals surface area contributed by atoms with Crippen LogP contribution in [0.2, 0.25) is 0 Å². The summed E-state index contributed by atoms with van der Waals surface area (Å²) < 4.78 is 10.4. The predicted octanol–water partition coefficient (Wildman–Crippen LogP) is 1.71. The van der Waals surface area contributed by atoms with Gasteiger partial charge in [0.1, 0.15) is 5.75 Å². The highest BCUT2D eigenvalue weighted by Crippen LogP contribution is 2.28. The van der Waals surface area contributed by atoms with E-state index < -0.39 is 5.97 Å². The number of rotatable bonds is 7. The molecular weight excluding hydrogens is 234 g/mol. The van der Waals surface area contributed by atoms with Crippen LogP contribution >= 0.6 is 0 Å². The molecule has 0 aliphatic carbocycles. The van der Waals surface area contributed by atoms with E-state index in [-0.39, 0.29) is 12.5 Å². The highest BCUT2D eigenvalue weighted by molar-refractivity contribution is 5.66. The monoisotopic (exact) mass is 253 g/mol. The maximum atomic E-state index is 10.6. The minimum absolute atomic E-state index is 0.0464. The molecule has 1 unspecified atom stereocenters. The molecule has 0 aliphatic rings. The van der Waals surface area contributed by atoms with Crippen LogP contribution in [-0.4, -0.2) is 25.3 Å². The van der Waals surface area contributed by atoms with Crippen LogP contribution < -0.4 is 10.5 Å². The summed E-state index contributed by atoms with van der Waals surface area (Å²) in [6, 6.07) is 5.22. The molecule has 0 aromatic heterocycles. The Balaban J connectivity index is 2.95. The van der Waals surface area contributed by atoms with Crippen molar-refractivity contribution in [1.29, 1.82) is 0 Å². The zero-order chi connectivity index (χ0) is 13.5. The molecule has 0 radical (unpaired) electrons. The highest BCUT2D eigenvalue weighted by atomic mass is 16.5. The summed E-state index contributed by atoms with van der Waals surface area (Å²) in [7, 11) is 3.18. The van der Waals surface area contributed by atoms with Gasteiger partial charge in [-0.15, -0.1) is 0 Å². The zero-order valence-corrected chi connectivity index (χ0v) is 10.7. The number of hydrogen-bond donors (Lipinski definition) is 2. The fraction of sp³-hybridized carbons (Fsp3) is 0.462. The van der Waals surface area contributed by atoms with E-state index in [0.29, 0.717) is 18.8 Å². The van der Waals surface area contributed by atoms with Gasteiger partial charge in [0.2, 0.25) is 0 Å². The first-order valence-corrected chi connectivity index (χ1v) is 5.72. The number of benzene rings is 1. The van der Waals surface area contributed by atoms with Crippen molar-refractivity contribution in [2.75, 3.05) is 14.2 Å². The van der Waals surface area contributed by atoms with Crippen LogP contribution in [0.1, 0.15) is 30.0 Å². The molecule has 0 heterocycles. The Bertz CT molecular complexity index is 406. The Morgan fingerprint density at radius 1 is 1.44 bits per heavy atom. The molecule has 0 spiro atoms. The average molecular weight is 253 g/mol. The molecule has 0 amide bonds. The number of hydrogen-bond acceptors (Lipinski definition) is 4. The van der Waals surface area contributed by atoms with Gasteiger partial charge in [0, 0.05) is 25.1 Å². The standard InChI is InChI=1S/C13H19NO4/c1-17-8-10-9(4-3-5-12(10)18-2)11(14)6-7-13(15)16/h3-5,11H,6-8,14H2,1-2H3,(H,15,16). The fourth-order valence-corrected chi connectivity index (χ4v) is 1.85. The lowest BCUT2D eigenvalue weighted by Gasteiger charge is -2.18. The number of carboxylic acid groups (broad SMARTS) is 1. The van der Waals surface area contributed by atoms with Crippen LogP contribution in [0, 0.1) is 0 Å². The van der Waals surface area contributed by atoms with Gasteiger partial charge in [-0.3, -0.25) is 4.79 Å². The molecule has 100 valence electrons. The molecule has 0 saturated carbocycles. The SMILES string of the molecule is COCc1c(OC)cccc1C(N)CCC(=O)O. The number of carboxylic acids is 1. The van der Waals surface area contributed by atoms with Crippen LogP contribution in [-0.2, 0) is 16.1 Å². The number of nitrogens with two attached hydrogens (primary N) is 1. The maximum Gasteiger partial charge on any atom is 0.303 e. The molecule has 18 heavy (non-hydrogen) atoms. The summed E-state index contributed by atoms with van der Waals surface area (Å²) in [5.41, 5.74) is 7.77. The third-order valence-corrected chi connectivity index (χ3v) is 2.75. The first-order chi connectivity index (χ1) is 8.60. The lowest BCUT2D eigenvalue weighted by atomic mass is 9.97. The first kappa shape index (κ1) is 14.5. The topological polar surface area (TPSA) is 81.8 Å². The minimum atomic E-state index is -0.846. The van der Waals surface area contributed by atoms with E-state index in [1.54, 1.807) is 14.2 Å². The Morgan fingerprint density at radius 3 is 2.72 bits per heavy atom. The lowest BCUT2D eigenvalue weighted by molar-refractivity contribution is -0.137. The van der Waals surface area contributed by atoms with E-state index in [2.05, 4.69) is 0 Å². The highest BCUT2D eigenvalue weighted by Gasteiger charge is 2.15. The van der Waals surface area contributed by atoms with Crippen molar-refractivity contribution in [3.8, 4) is 5.75 Å². The molecule has 0 bridgehead atoms. The van der Waals surface area contributed by atoms with Gasteiger partial charge in [-0.25, -0.2) is 0 Å². The van der Waals surface area contributed by atoms with Crippen molar-refractivity contribution in [2.24, 2.45) is 5.73 Å². The Labute approximate surface area is 107 Å². The van der Waals surface area contributed by atoms with Crippen LogP contribution in [0.3, 0.4) is 0 Å². The second-order valence-electron chi connectivity index (χ2n) is 4.00. The molecule has 1 aromatic carbocycles. The quantitative estimate of drug-likeness (QED) is 0.773. The largest absolute Gasteiger partial charge is 0.496 e. The van der Waals surface area contributed by atoms with Gasteiger partial charge in [0.25, 0.3) is 0 Å². The summed E-state index contributed by atoms with van der Waals surface area (Å²) in [4.78, 5) is 10.6. The van der Waals surface area contributed by atoms with Gasteiger partial charge in [-0.2, -0.15) is 0 Å². The molecule has 1 rings (SSSR count). The molecule has 5 nitrogen and oxygen atoms in total. The second kappa shape index (κ2) is 6.98. The molecule has 5 heteroatoms. The molecule has 1 atom stereocenters. The van der Waals surface area contributed by atoms with E-state index in [1.807, 2.05) is 18.2 Å². The molecular formula is C13H19NO4. The fourth-order valence-electron chi connectivity index (χ4n) is 1.85. The molecule has 0 fully saturated rings. The predicted molar refractivity (Wildman–Crippen MR) is 67.5 cm³/mol. The maximum absolute atomic E-state index is 10.6. The average Bonchev–Trinajstić information content (AvgIpc) is 2.36. The molecule has 1 aromatic rings. The van der Waals surface area contributed by atoms with Crippen molar-refractivity contribution in [2.45, 2.75) is 25.5 Å². The summed E-state index contributed by atoms with van der Waals surface area (Å²) >= 11 is 0. The number of carbonyl (C=O) groups is 1. The van der Waals surface area contributed by atoms with Gasteiger partial charge in [-0.1, -0.05) is 12.1 Å². The van der Waals surface area contributed by atoms with Crippen LogP contribution in [0.15, 0.2) is 18.2 Å². The Morgan fingerprint density at radius 2 is 2.17 bits per heavy atom. The van der Waals surface area contributed by atoms with Gasteiger partial charge >= 0.3 is 5.97 Å². The van der Waals surface area contributed by atoms with Crippen LogP contribution in [0.25, 0.3) is 0 Å². The molecule has 0 aliphatic heterocycles. The van der Waals surface area contributed by atoms with Crippen molar-refractivity contribution < 1.29 is 19.4 Å². The summed E-state index contributed by atoms with van der Waals surface area (Å²) in [5, 5.41) is 8.68. The Kier molecular flexibility index (Phi) is 5.61.